The smallest absolute Gasteiger partial charge is 0.159 e. The molecule has 1 atom stereocenters. The van der Waals surface area contributed by atoms with Gasteiger partial charge in [-0.25, -0.2) is 0 Å². The van der Waals surface area contributed by atoms with Gasteiger partial charge in [0.1, 0.15) is 24.2 Å². The second-order valence-corrected chi connectivity index (χ2v) is 5.52. The van der Waals surface area contributed by atoms with Crippen LogP contribution in [0.5, 0.6) is 11.5 Å². The number of hydrogen-bond acceptors (Lipinski definition) is 5. The number of ketones is 1. The Morgan fingerprint density at radius 1 is 1.08 bits per heavy atom. The molecule has 24 heavy (non-hydrogen) atoms. The number of benzene rings is 2. The highest BCUT2D eigenvalue weighted by Crippen LogP contribution is 2.13. The van der Waals surface area contributed by atoms with Gasteiger partial charge in [-0.05, 0) is 48.9 Å². The van der Waals surface area contributed by atoms with Crippen molar-refractivity contribution in [2.24, 2.45) is 0 Å². The first-order valence-corrected chi connectivity index (χ1v) is 7.84. The maximum atomic E-state index is 11.2. The average molecular weight is 329 g/mol. The Kier molecular flexibility index (Phi) is 6.78. The topological polar surface area (TPSA) is 67.8 Å². The fourth-order valence-corrected chi connectivity index (χ4v) is 2.16. The van der Waals surface area contributed by atoms with E-state index in [1.54, 1.807) is 31.4 Å². The molecule has 0 aliphatic rings. The molecule has 0 saturated carbocycles. The van der Waals surface area contributed by atoms with Crippen molar-refractivity contribution in [1.29, 1.82) is 0 Å². The largest absolute Gasteiger partial charge is 0.497 e. The van der Waals surface area contributed by atoms with Crippen molar-refractivity contribution in [2.45, 2.75) is 19.6 Å². The van der Waals surface area contributed by atoms with E-state index in [2.05, 4.69) is 5.32 Å². The molecule has 0 saturated heterocycles. The SMILES string of the molecule is COc1ccc(CNC[C@@H](O)COc2ccc(C(C)=O)cc2)cc1. The molecule has 0 bridgehead atoms. The Bertz CT molecular complexity index is 637. The third kappa shape index (κ3) is 5.68. The molecule has 2 N–H and O–H groups in total. The van der Waals surface area contributed by atoms with E-state index in [1.165, 1.54) is 6.92 Å². The monoisotopic (exact) mass is 329 g/mol. The van der Waals surface area contributed by atoms with Crippen LogP contribution in [0.2, 0.25) is 0 Å². The minimum absolute atomic E-state index is 0.0179. The molecule has 0 spiro atoms. The van der Waals surface area contributed by atoms with Gasteiger partial charge in [-0.3, -0.25) is 4.79 Å². The Labute approximate surface area is 142 Å². The van der Waals surface area contributed by atoms with E-state index < -0.39 is 6.10 Å². The van der Waals surface area contributed by atoms with Crippen LogP contribution >= 0.6 is 0 Å². The molecule has 0 heterocycles. The molecule has 128 valence electrons. The fourth-order valence-electron chi connectivity index (χ4n) is 2.16. The van der Waals surface area contributed by atoms with Crippen molar-refractivity contribution in [1.82, 2.24) is 5.32 Å². The Morgan fingerprint density at radius 2 is 1.71 bits per heavy atom. The summed E-state index contributed by atoms with van der Waals surface area (Å²) in [6.07, 6.45) is -0.615. The molecule has 0 fully saturated rings. The minimum atomic E-state index is -0.615. The van der Waals surface area contributed by atoms with Crippen molar-refractivity contribution < 1.29 is 19.4 Å². The van der Waals surface area contributed by atoms with Gasteiger partial charge in [0, 0.05) is 18.7 Å². The molecule has 5 nitrogen and oxygen atoms in total. The number of Topliss-reactive ketones (excluding diaryl/α,β-unsaturated/α-hetero) is 1. The van der Waals surface area contributed by atoms with Crippen molar-refractivity contribution in [3.05, 3.63) is 59.7 Å². The predicted octanol–water partition coefficient (Wildman–Crippen LogP) is 2.43. The second kappa shape index (κ2) is 9.05. The Hall–Kier alpha value is -2.37. The van der Waals surface area contributed by atoms with E-state index in [1.807, 2.05) is 24.3 Å². The van der Waals surface area contributed by atoms with E-state index in [9.17, 15) is 9.90 Å². The normalized spacial score (nSPS) is 11.8. The Balaban J connectivity index is 1.69. The number of hydrogen-bond donors (Lipinski definition) is 2. The highest BCUT2D eigenvalue weighted by atomic mass is 16.5. The summed E-state index contributed by atoms with van der Waals surface area (Å²) in [7, 11) is 1.64. The third-order valence-electron chi connectivity index (χ3n) is 3.57. The number of methoxy groups -OCH3 is 1. The lowest BCUT2D eigenvalue weighted by atomic mass is 10.1. The van der Waals surface area contributed by atoms with Gasteiger partial charge in [0.15, 0.2) is 5.78 Å². The van der Waals surface area contributed by atoms with Crippen LogP contribution in [0, 0.1) is 0 Å². The lowest BCUT2D eigenvalue weighted by Crippen LogP contribution is -2.31. The third-order valence-corrected chi connectivity index (χ3v) is 3.57. The van der Waals surface area contributed by atoms with Gasteiger partial charge in [0.25, 0.3) is 0 Å². The molecule has 2 aromatic rings. The average Bonchev–Trinajstić information content (AvgIpc) is 2.61. The number of aliphatic hydroxyl groups excluding tert-OH is 1. The summed E-state index contributed by atoms with van der Waals surface area (Å²) in [5.74, 6) is 1.47. The van der Waals surface area contributed by atoms with Crippen molar-refractivity contribution in [2.75, 3.05) is 20.3 Å². The minimum Gasteiger partial charge on any atom is -0.497 e. The number of carbonyl (C=O) groups excluding carboxylic acids is 1. The molecule has 0 amide bonds. The van der Waals surface area contributed by atoms with E-state index in [0.29, 0.717) is 24.4 Å². The Morgan fingerprint density at radius 3 is 2.29 bits per heavy atom. The molecule has 5 heteroatoms. The zero-order chi connectivity index (χ0) is 17.4. The molecular weight excluding hydrogens is 306 g/mol. The van der Waals surface area contributed by atoms with Gasteiger partial charge in [0.05, 0.1) is 7.11 Å². The van der Waals surface area contributed by atoms with E-state index in [4.69, 9.17) is 9.47 Å². The van der Waals surface area contributed by atoms with Gasteiger partial charge in [-0.15, -0.1) is 0 Å². The number of rotatable bonds is 9. The van der Waals surface area contributed by atoms with Gasteiger partial charge in [-0.2, -0.15) is 0 Å². The first-order chi connectivity index (χ1) is 11.6. The summed E-state index contributed by atoms with van der Waals surface area (Å²) >= 11 is 0. The van der Waals surface area contributed by atoms with E-state index >= 15 is 0 Å². The lowest BCUT2D eigenvalue weighted by Gasteiger charge is -2.13. The molecular formula is C19H23NO4. The van der Waals surface area contributed by atoms with Gasteiger partial charge in [0.2, 0.25) is 0 Å². The highest BCUT2D eigenvalue weighted by molar-refractivity contribution is 5.94. The van der Waals surface area contributed by atoms with Crippen LogP contribution in [0.3, 0.4) is 0 Å². The van der Waals surface area contributed by atoms with E-state index in [-0.39, 0.29) is 12.4 Å². The molecule has 0 aromatic heterocycles. The molecule has 0 aliphatic heterocycles. The number of ether oxygens (including phenoxy) is 2. The molecule has 2 rings (SSSR count). The van der Waals surface area contributed by atoms with Gasteiger partial charge in [-0.1, -0.05) is 12.1 Å². The zero-order valence-corrected chi connectivity index (χ0v) is 14.0. The predicted molar refractivity (Wildman–Crippen MR) is 92.6 cm³/mol. The summed E-state index contributed by atoms with van der Waals surface area (Å²) in [5.41, 5.74) is 1.76. The molecule has 0 aliphatic carbocycles. The lowest BCUT2D eigenvalue weighted by molar-refractivity contribution is 0.101. The van der Waals surface area contributed by atoms with Crippen LogP contribution in [-0.4, -0.2) is 37.3 Å². The van der Waals surface area contributed by atoms with Crippen LogP contribution in [0.15, 0.2) is 48.5 Å². The maximum Gasteiger partial charge on any atom is 0.159 e. The molecule has 0 radical (unpaired) electrons. The summed E-state index contributed by atoms with van der Waals surface area (Å²) in [5, 5.41) is 13.1. The maximum absolute atomic E-state index is 11.2. The van der Waals surface area contributed by atoms with Crippen molar-refractivity contribution in [3.63, 3.8) is 0 Å². The summed E-state index contributed by atoms with van der Waals surface area (Å²) in [4.78, 5) is 11.2. The number of carbonyl (C=O) groups is 1. The standard InChI is InChI=1S/C19H23NO4/c1-14(21)16-5-9-19(10-6-16)24-13-17(22)12-20-11-15-3-7-18(23-2)8-4-15/h3-10,17,20,22H,11-13H2,1-2H3/t17-/m1/s1. The van der Waals surface area contributed by atoms with E-state index in [0.717, 1.165) is 11.3 Å². The fraction of sp³-hybridized carbons (Fsp3) is 0.316. The highest BCUT2D eigenvalue weighted by Gasteiger charge is 2.06. The first kappa shape index (κ1) is 18.0. The summed E-state index contributed by atoms with van der Waals surface area (Å²) in [6.45, 7) is 2.80. The van der Waals surface area contributed by atoms with Crippen LogP contribution in [0.4, 0.5) is 0 Å². The number of nitrogens with one attached hydrogen (secondary N) is 1. The first-order valence-electron chi connectivity index (χ1n) is 7.84. The molecule has 2 aromatic carbocycles. The van der Waals surface area contributed by atoms with Gasteiger partial charge >= 0.3 is 0 Å². The van der Waals surface area contributed by atoms with Crippen molar-refractivity contribution in [3.8, 4) is 11.5 Å². The summed E-state index contributed by atoms with van der Waals surface area (Å²) in [6, 6.07) is 14.7. The molecule has 0 unspecified atom stereocenters. The van der Waals surface area contributed by atoms with Crippen molar-refractivity contribution >= 4 is 5.78 Å². The van der Waals surface area contributed by atoms with Gasteiger partial charge < -0.3 is 19.9 Å². The summed E-state index contributed by atoms with van der Waals surface area (Å²) < 4.78 is 10.6. The quantitative estimate of drug-likeness (QED) is 0.692. The second-order valence-electron chi connectivity index (χ2n) is 5.52. The number of aliphatic hydroxyl groups is 1. The van der Waals surface area contributed by atoms with Crippen LogP contribution < -0.4 is 14.8 Å². The van der Waals surface area contributed by atoms with Crippen LogP contribution in [0.1, 0.15) is 22.8 Å². The zero-order valence-electron chi connectivity index (χ0n) is 14.0. The van der Waals surface area contributed by atoms with Crippen LogP contribution in [0.25, 0.3) is 0 Å². The van der Waals surface area contributed by atoms with Crippen LogP contribution in [-0.2, 0) is 6.54 Å².